The Labute approximate surface area is 126 Å². The van der Waals surface area contributed by atoms with E-state index in [0.717, 1.165) is 0 Å². The minimum atomic E-state index is -2.60. The maximum Gasteiger partial charge on any atom is 0.344 e. The largest absolute Gasteiger partial charge is 0.410 e. The third-order valence-corrected chi connectivity index (χ3v) is 19.0. The van der Waals surface area contributed by atoms with Crippen molar-refractivity contribution >= 4 is 34.2 Å². The van der Waals surface area contributed by atoms with Gasteiger partial charge in [0.05, 0.1) is 0 Å². The summed E-state index contributed by atoms with van der Waals surface area (Å²) in [7, 11) is -10.4. The van der Waals surface area contributed by atoms with Crippen LogP contribution in [0.1, 0.15) is 0 Å². The molecule has 0 radical (unpaired) electrons. The van der Waals surface area contributed by atoms with Gasteiger partial charge in [-0.05, 0) is 26.2 Å². The summed E-state index contributed by atoms with van der Waals surface area (Å²) in [6.07, 6.45) is 0. The quantitative estimate of drug-likeness (QED) is 0.734. The second-order valence-corrected chi connectivity index (χ2v) is 18.3. The molecule has 0 aromatic carbocycles. The Bertz CT molecular complexity index is 349. The molecule has 0 bridgehead atoms. The highest BCUT2D eigenvalue weighted by molar-refractivity contribution is 6.98. The molecule has 0 spiro atoms. The topological polar surface area (TPSA) is 36.9 Å². The van der Waals surface area contributed by atoms with Crippen LogP contribution in [0.5, 0.6) is 0 Å². The van der Waals surface area contributed by atoms with E-state index in [1.54, 1.807) is 22.8 Å². The van der Waals surface area contributed by atoms with E-state index in [-0.39, 0.29) is 0 Å². The summed E-state index contributed by atoms with van der Waals surface area (Å²) in [5.41, 5.74) is 7.01. The van der Waals surface area contributed by atoms with Crippen LogP contribution in [0.15, 0.2) is 49.1 Å². The number of hydrogen-bond donors (Lipinski definition) is 0. The molecular weight excluding hydrogens is 320 g/mol. The molecule has 4 nitrogen and oxygen atoms in total. The van der Waals surface area contributed by atoms with E-state index in [1.165, 1.54) is 0 Å². The highest BCUT2D eigenvalue weighted by atomic mass is 28.5. The van der Waals surface area contributed by atoms with Gasteiger partial charge in [0.25, 0.3) is 0 Å². The van der Waals surface area contributed by atoms with Crippen molar-refractivity contribution in [3.63, 3.8) is 0 Å². The van der Waals surface area contributed by atoms with Crippen molar-refractivity contribution in [1.29, 1.82) is 0 Å². The van der Waals surface area contributed by atoms with Crippen LogP contribution in [0.2, 0.25) is 26.2 Å². The SMILES string of the molecule is C=C[Si]1(C)O[Si](C)(C=C)O[Si@](C)(C=C)O[Si@@](C)(C=C)O1. The van der Waals surface area contributed by atoms with E-state index in [1.807, 2.05) is 26.2 Å². The van der Waals surface area contributed by atoms with Gasteiger partial charge in [-0.2, -0.15) is 0 Å². The number of rotatable bonds is 4. The van der Waals surface area contributed by atoms with Crippen molar-refractivity contribution in [2.75, 3.05) is 0 Å². The second-order valence-electron chi connectivity index (χ2n) is 5.29. The van der Waals surface area contributed by atoms with Crippen LogP contribution in [-0.2, 0) is 16.5 Å². The van der Waals surface area contributed by atoms with Gasteiger partial charge in [0.1, 0.15) is 0 Å². The summed E-state index contributed by atoms with van der Waals surface area (Å²) in [6.45, 7) is 23.2. The van der Waals surface area contributed by atoms with Gasteiger partial charge in [-0.3, -0.25) is 0 Å². The molecule has 1 fully saturated rings. The molecular formula is C12H24O4Si4. The van der Waals surface area contributed by atoms with Crippen molar-refractivity contribution in [1.82, 2.24) is 0 Å². The predicted octanol–water partition coefficient (Wildman–Crippen LogP) is 3.26. The molecule has 1 saturated heterocycles. The van der Waals surface area contributed by atoms with Crippen LogP contribution in [-0.4, -0.2) is 34.2 Å². The molecule has 20 heavy (non-hydrogen) atoms. The smallest absolute Gasteiger partial charge is 0.344 e. The van der Waals surface area contributed by atoms with Crippen LogP contribution in [0, 0.1) is 0 Å². The molecule has 0 amide bonds. The molecule has 0 unspecified atom stereocenters. The highest BCUT2D eigenvalue weighted by Crippen LogP contribution is 2.32. The molecule has 8 heteroatoms. The van der Waals surface area contributed by atoms with E-state index in [9.17, 15) is 0 Å². The lowest BCUT2D eigenvalue weighted by Gasteiger charge is -2.46. The average Bonchev–Trinajstić information content (AvgIpc) is 2.36. The summed E-state index contributed by atoms with van der Waals surface area (Å²) in [6, 6.07) is 0. The molecule has 0 N–H and O–H groups in total. The summed E-state index contributed by atoms with van der Waals surface area (Å²) in [5.74, 6) is 0. The van der Waals surface area contributed by atoms with Gasteiger partial charge in [-0.15, -0.1) is 26.3 Å². The van der Waals surface area contributed by atoms with Gasteiger partial charge in [0.2, 0.25) is 0 Å². The summed E-state index contributed by atoms with van der Waals surface area (Å²) >= 11 is 0. The molecule has 0 aromatic heterocycles. The first-order chi connectivity index (χ1) is 9.07. The fraction of sp³-hybridized carbons (Fsp3) is 0.333. The Morgan fingerprint density at radius 3 is 0.750 bits per heavy atom. The average molecular weight is 345 g/mol. The Morgan fingerprint density at radius 1 is 0.500 bits per heavy atom. The van der Waals surface area contributed by atoms with E-state index >= 15 is 0 Å². The van der Waals surface area contributed by atoms with Crippen LogP contribution >= 0.6 is 0 Å². The first kappa shape index (κ1) is 17.7. The first-order valence-electron chi connectivity index (χ1n) is 6.42. The van der Waals surface area contributed by atoms with E-state index < -0.39 is 34.2 Å². The lowest BCUT2D eigenvalue weighted by molar-refractivity contribution is 0.251. The minimum absolute atomic E-state index is 1.75. The number of hydrogen-bond acceptors (Lipinski definition) is 4. The van der Waals surface area contributed by atoms with Crippen molar-refractivity contribution in [3.8, 4) is 0 Å². The van der Waals surface area contributed by atoms with Crippen LogP contribution in [0.25, 0.3) is 0 Å². The van der Waals surface area contributed by atoms with Gasteiger partial charge in [-0.1, -0.05) is 22.8 Å². The third-order valence-electron chi connectivity index (χ3n) is 3.10. The Balaban J connectivity index is 3.31. The highest BCUT2D eigenvalue weighted by Gasteiger charge is 2.53. The Hall–Kier alpha value is -0.332. The normalized spacial score (nSPS) is 45.8. The zero-order chi connectivity index (χ0) is 15.7. The van der Waals surface area contributed by atoms with E-state index in [4.69, 9.17) is 16.5 Å². The summed E-state index contributed by atoms with van der Waals surface area (Å²) in [4.78, 5) is 0. The van der Waals surface area contributed by atoms with Gasteiger partial charge < -0.3 is 16.5 Å². The van der Waals surface area contributed by atoms with Crippen LogP contribution in [0.3, 0.4) is 0 Å². The molecule has 1 aliphatic heterocycles. The van der Waals surface area contributed by atoms with Gasteiger partial charge in [0, 0.05) is 0 Å². The van der Waals surface area contributed by atoms with Crippen LogP contribution in [0.4, 0.5) is 0 Å². The molecule has 1 rings (SSSR count). The molecule has 0 atom stereocenters. The summed E-state index contributed by atoms with van der Waals surface area (Å²) < 4.78 is 25.0. The molecule has 1 aliphatic rings. The Morgan fingerprint density at radius 2 is 0.650 bits per heavy atom. The lowest BCUT2D eigenvalue weighted by Crippen LogP contribution is -2.65. The maximum absolute atomic E-state index is 6.25. The molecule has 0 saturated carbocycles. The van der Waals surface area contributed by atoms with Gasteiger partial charge in [-0.25, -0.2) is 0 Å². The fourth-order valence-corrected chi connectivity index (χ4v) is 19.7. The zero-order valence-electron chi connectivity index (χ0n) is 12.8. The Kier molecular flexibility index (Phi) is 5.15. The van der Waals surface area contributed by atoms with Crippen molar-refractivity contribution in [2.45, 2.75) is 26.2 Å². The van der Waals surface area contributed by atoms with Crippen molar-refractivity contribution in [3.05, 3.63) is 49.1 Å². The van der Waals surface area contributed by atoms with Crippen molar-refractivity contribution in [2.24, 2.45) is 0 Å². The first-order valence-corrected chi connectivity index (χ1v) is 16.0. The summed E-state index contributed by atoms with van der Waals surface area (Å²) in [5, 5.41) is 0. The van der Waals surface area contributed by atoms with Crippen LogP contribution < -0.4 is 0 Å². The minimum Gasteiger partial charge on any atom is -0.410 e. The predicted molar refractivity (Wildman–Crippen MR) is 91.6 cm³/mol. The van der Waals surface area contributed by atoms with Gasteiger partial charge in [0.15, 0.2) is 0 Å². The second kappa shape index (κ2) is 5.81. The lowest BCUT2D eigenvalue weighted by atomic mass is 11.3. The molecule has 0 aliphatic carbocycles. The fourth-order valence-electron chi connectivity index (χ4n) is 2.03. The maximum atomic E-state index is 6.25. The zero-order valence-corrected chi connectivity index (χ0v) is 16.8. The third kappa shape index (κ3) is 3.86. The molecule has 0 aromatic rings. The van der Waals surface area contributed by atoms with E-state index in [0.29, 0.717) is 0 Å². The molecule has 1 heterocycles. The molecule has 112 valence electrons. The van der Waals surface area contributed by atoms with Crippen molar-refractivity contribution < 1.29 is 16.5 Å². The standard InChI is InChI=1S/C12H24O4Si4/c1-9-17(5)13-18(6,10-2)15-20(8,12-4)16-19(7,11-3)14-17/h9-12H,1-4H2,5-8H3/t17-,18-,19?,20?/m1/s1. The monoisotopic (exact) mass is 344 g/mol. The van der Waals surface area contributed by atoms with Gasteiger partial charge >= 0.3 is 34.2 Å². The van der Waals surface area contributed by atoms with E-state index in [2.05, 4.69) is 26.3 Å².